The van der Waals surface area contributed by atoms with Gasteiger partial charge in [-0.05, 0) is 23.0 Å². The highest BCUT2D eigenvalue weighted by molar-refractivity contribution is 5.27. The lowest BCUT2D eigenvalue weighted by Crippen LogP contribution is -2.16. The van der Waals surface area contributed by atoms with Gasteiger partial charge in [-0.3, -0.25) is 0 Å². The molecule has 0 aliphatic rings. The van der Waals surface area contributed by atoms with Gasteiger partial charge in [-0.1, -0.05) is 34.6 Å². The maximum absolute atomic E-state index is 4.19. The molecule has 2 nitrogen and oxygen atoms in total. The number of hydrogen-bond acceptors (Lipinski definition) is 2. The summed E-state index contributed by atoms with van der Waals surface area (Å²) in [5, 5.41) is 8.12. The summed E-state index contributed by atoms with van der Waals surface area (Å²) in [6.07, 6.45) is 1.77. The molecule has 0 saturated carbocycles. The molecular weight excluding hydrogens is 160 g/mol. The van der Waals surface area contributed by atoms with Crippen molar-refractivity contribution in [3.8, 4) is 0 Å². The van der Waals surface area contributed by atoms with E-state index in [1.807, 2.05) is 0 Å². The van der Waals surface area contributed by atoms with E-state index in [9.17, 15) is 0 Å². The van der Waals surface area contributed by atoms with E-state index in [1.54, 1.807) is 6.20 Å². The number of aromatic nitrogens is 2. The van der Waals surface area contributed by atoms with Crippen LogP contribution in [0.5, 0.6) is 0 Å². The first-order valence-electron chi connectivity index (χ1n) is 4.75. The van der Waals surface area contributed by atoms with Crippen LogP contribution < -0.4 is 0 Å². The molecule has 1 aromatic heterocycles. The Balaban J connectivity index is 3.20. The van der Waals surface area contributed by atoms with Crippen LogP contribution in [-0.2, 0) is 5.41 Å². The van der Waals surface area contributed by atoms with E-state index in [0.29, 0.717) is 5.92 Å². The van der Waals surface area contributed by atoms with E-state index < -0.39 is 0 Å². The van der Waals surface area contributed by atoms with Crippen LogP contribution in [0.1, 0.15) is 51.8 Å². The van der Waals surface area contributed by atoms with Crippen molar-refractivity contribution < 1.29 is 0 Å². The summed E-state index contributed by atoms with van der Waals surface area (Å²) in [4.78, 5) is 0. The monoisotopic (exact) mass is 178 g/mol. The lowest BCUT2D eigenvalue weighted by molar-refractivity contribution is 0.565. The second kappa shape index (κ2) is 3.44. The lowest BCUT2D eigenvalue weighted by atomic mass is 9.84. The van der Waals surface area contributed by atoms with Crippen LogP contribution in [0.2, 0.25) is 0 Å². The molecule has 2 heteroatoms. The molecule has 0 N–H and O–H groups in total. The van der Waals surface area contributed by atoms with Crippen molar-refractivity contribution in [1.82, 2.24) is 10.2 Å². The first-order chi connectivity index (χ1) is 5.93. The Morgan fingerprint density at radius 2 is 1.85 bits per heavy atom. The van der Waals surface area contributed by atoms with Gasteiger partial charge in [-0.25, -0.2) is 0 Å². The molecule has 0 atom stereocenters. The summed E-state index contributed by atoms with van der Waals surface area (Å²) in [5.41, 5.74) is 2.59. The van der Waals surface area contributed by atoms with Gasteiger partial charge in [0.05, 0.1) is 5.69 Å². The van der Waals surface area contributed by atoms with E-state index in [-0.39, 0.29) is 5.41 Å². The zero-order valence-corrected chi connectivity index (χ0v) is 9.13. The Morgan fingerprint density at radius 3 is 2.23 bits per heavy atom. The first kappa shape index (κ1) is 10.2. The fraction of sp³-hybridized carbons (Fsp3) is 0.636. The molecule has 0 fully saturated rings. The largest absolute Gasteiger partial charge is 0.159 e. The van der Waals surface area contributed by atoms with Gasteiger partial charge >= 0.3 is 0 Å². The predicted octanol–water partition coefficient (Wildman–Crippen LogP) is 2.90. The van der Waals surface area contributed by atoms with E-state index in [1.165, 1.54) is 5.56 Å². The van der Waals surface area contributed by atoms with Crippen molar-refractivity contribution in [3.05, 3.63) is 23.5 Å². The SMILES string of the molecule is CC(C)c1nnccc1C(C)(C)C. The van der Waals surface area contributed by atoms with Crippen molar-refractivity contribution in [2.24, 2.45) is 0 Å². The van der Waals surface area contributed by atoms with Crippen molar-refractivity contribution in [2.45, 2.75) is 46.0 Å². The van der Waals surface area contributed by atoms with Gasteiger partial charge in [0.15, 0.2) is 0 Å². The minimum absolute atomic E-state index is 0.162. The van der Waals surface area contributed by atoms with Gasteiger partial charge in [0, 0.05) is 6.20 Å². The quantitative estimate of drug-likeness (QED) is 0.660. The van der Waals surface area contributed by atoms with Crippen LogP contribution in [0.4, 0.5) is 0 Å². The third-order valence-electron chi connectivity index (χ3n) is 2.10. The van der Waals surface area contributed by atoms with Crippen LogP contribution in [0, 0.1) is 0 Å². The Hall–Kier alpha value is -0.920. The predicted molar refractivity (Wildman–Crippen MR) is 54.8 cm³/mol. The molecule has 0 radical (unpaired) electrons. The second-order valence-corrected chi connectivity index (χ2v) is 4.73. The van der Waals surface area contributed by atoms with Crippen LogP contribution in [-0.4, -0.2) is 10.2 Å². The standard InChI is InChI=1S/C11H18N2/c1-8(2)10-9(11(3,4)5)6-7-12-13-10/h6-8H,1-5H3. The topological polar surface area (TPSA) is 25.8 Å². The third-order valence-corrected chi connectivity index (χ3v) is 2.10. The minimum atomic E-state index is 0.162. The Kier molecular flexibility index (Phi) is 2.69. The Labute approximate surface area is 80.4 Å². The molecule has 1 rings (SSSR count). The van der Waals surface area contributed by atoms with Crippen LogP contribution >= 0.6 is 0 Å². The molecule has 0 aliphatic carbocycles. The number of rotatable bonds is 1. The van der Waals surface area contributed by atoms with Crippen molar-refractivity contribution in [3.63, 3.8) is 0 Å². The fourth-order valence-electron chi connectivity index (χ4n) is 1.40. The summed E-state index contributed by atoms with van der Waals surface area (Å²) in [6, 6.07) is 2.07. The highest BCUT2D eigenvalue weighted by Crippen LogP contribution is 2.27. The van der Waals surface area contributed by atoms with Crippen molar-refractivity contribution in [1.29, 1.82) is 0 Å². The molecule has 0 bridgehead atoms. The summed E-state index contributed by atoms with van der Waals surface area (Å²) >= 11 is 0. The molecule has 0 saturated heterocycles. The molecule has 0 unspecified atom stereocenters. The Morgan fingerprint density at radius 1 is 1.23 bits per heavy atom. The van der Waals surface area contributed by atoms with Crippen LogP contribution in [0.25, 0.3) is 0 Å². The molecule has 0 spiro atoms. The van der Waals surface area contributed by atoms with Gasteiger partial charge in [-0.15, -0.1) is 0 Å². The van der Waals surface area contributed by atoms with Crippen LogP contribution in [0.15, 0.2) is 12.3 Å². The summed E-state index contributed by atoms with van der Waals surface area (Å²) in [7, 11) is 0. The smallest absolute Gasteiger partial charge is 0.0693 e. The molecule has 1 aromatic rings. The number of hydrogen-bond donors (Lipinski definition) is 0. The molecular formula is C11H18N2. The van der Waals surface area contributed by atoms with E-state index in [4.69, 9.17) is 0 Å². The van der Waals surface area contributed by atoms with E-state index in [0.717, 1.165) is 5.69 Å². The van der Waals surface area contributed by atoms with E-state index in [2.05, 4.69) is 50.9 Å². The lowest BCUT2D eigenvalue weighted by Gasteiger charge is -2.22. The zero-order chi connectivity index (χ0) is 10.1. The average molecular weight is 178 g/mol. The fourth-order valence-corrected chi connectivity index (χ4v) is 1.40. The molecule has 0 aliphatic heterocycles. The van der Waals surface area contributed by atoms with Crippen LogP contribution in [0.3, 0.4) is 0 Å². The van der Waals surface area contributed by atoms with Gasteiger partial charge in [-0.2, -0.15) is 10.2 Å². The summed E-state index contributed by atoms with van der Waals surface area (Å²) in [5.74, 6) is 0.447. The first-order valence-corrected chi connectivity index (χ1v) is 4.75. The van der Waals surface area contributed by atoms with E-state index >= 15 is 0 Å². The van der Waals surface area contributed by atoms with Gasteiger partial charge in [0.25, 0.3) is 0 Å². The molecule has 0 aromatic carbocycles. The highest BCUT2D eigenvalue weighted by atomic mass is 15.1. The normalized spacial score (nSPS) is 12.2. The second-order valence-electron chi connectivity index (χ2n) is 4.73. The molecule has 1 heterocycles. The van der Waals surface area contributed by atoms with Gasteiger partial charge in [0.1, 0.15) is 0 Å². The zero-order valence-electron chi connectivity index (χ0n) is 9.13. The summed E-state index contributed by atoms with van der Waals surface area (Å²) < 4.78 is 0. The van der Waals surface area contributed by atoms with Crippen molar-refractivity contribution >= 4 is 0 Å². The molecule has 0 amide bonds. The average Bonchev–Trinajstić information content (AvgIpc) is 2.03. The Bertz CT molecular complexity index is 284. The van der Waals surface area contributed by atoms with Crippen molar-refractivity contribution in [2.75, 3.05) is 0 Å². The highest BCUT2D eigenvalue weighted by Gasteiger charge is 2.20. The minimum Gasteiger partial charge on any atom is -0.159 e. The van der Waals surface area contributed by atoms with Gasteiger partial charge < -0.3 is 0 Å². The maximum atomic E-state index is 4.19. The third kappa shape index (κ3) is 2.27. The summed E-state index contributed by atoms with van der Waals surface area (Å²) in [6.45, 7) is 10.9. The maximum Gasteiger partial charge on any atom is 0.0693 e. The number of nitrogens with zero attached hydrogens (tertiary/aromatic N) is 2. The molecule has 13 heavy (non-hydrogen) atoms. The molecule has 72 valence electrons. The van der Waals surface area contributed by atoms with Gasteiger partial charge in [0.2, 0.25) is 0 Å².